The maximum atomic E-state index is 6.33. The number of aromatic nitrogens is 1. The van der Waals surface area contributed by atoms with E-state index >= 15 is 0 Å². The van der Waals surface area contributed by atoms with Crippen LogP contribution in [0.2, 0.25) is 5.02 Å². The molecule has 0 aliphatic rings. The SMILES string of the molecule is CCNCC(Cc1ccc(Br)cn1)c1ccccc1Cl. The molecule has 2 rings (SSSR count). The lowest BCUT2D eigenvalue weighted by Gasteiger charge is -2.18. The average Bonchev–Trinajstić information content (AvgIpc) is 2.46. The van der Waals surface area contributed by atoms with E-state index in [1.807, 2.05) is 30.5 Å². The molecule has 0 saturated heterocycles. The zero-order chi connectivity index (χ0) is 14.4. The molecule has 0 fully saturated rings. The number of pyridine rings is 1. The molecule has 0 amide bonds. The van der Waals surface area contributed by atoms with E-state index in [4.69, 9.17) is 11.6 Å². The van der Waals surface area contributed by atoms with Crippen molar-refractivity contribution in [2.75, 3.05) is 13.1 Å². The summed E-state index contributed by atoms with van der Waals surface area (Å²) in [7, 11) is 0. The largest absolute Gasteiger partial charge is 0.316 e. The lowest BCUT2D eigenvalue weighted by molar-refractivity contribution is 0.589. The molecule has 20 heavy (non-hydrogen) atoms. The van der Waals surface area contributed by atoms with Gasteiger partial charge in [-0.2, -0.15) is 0 Å². The van der Waals surface area contributed by atoms with E-state index in [0.717, 1.165) is 34.7 Å². The first-order chi connectivity index (χ1) is 9.70. The van der Waals surface area contributed by atoms with E-state index in [1.54, 1.807) is 0 Å². The highest BCUT2D eigenvalue weighted by Crippen LogP contribution is 2.27. The second kappa shape index (κ2) is 7.77. The minimum atomic E-state index is 0.331. The van der Waals surface area contributed by atoms with E-state index in [1.165, 1.54) is 5.56 Å². The van der Waals surface area contributed by atoms with Crippen LogP contribution >= 0.6 is 27.5 Å². The molecule has 0 spiro atoms. The van der Waals surface area contributed by atoms with Crippen LogP contribution in [0.4, 0.5) is 0 Å². The normalized spacial score (nSPS) is 12.3. The maximum Gasteiger partial charge on any atom is 0.0441 e. The van der Waals surface area contributed by atoms with Crippen LogP contribution in [0.25, 0.3) is 0 Å². The summed E-state index contributed by atoms with van der Waals surface area (Å²) in [6.45, 7) is 3.97. The lowest BCUT2D eigenvalue weighted by atomic mass is 9.93. The molecule has 1 aromatic heterocycles. The summed E-state index contributed by atoms with van der Waals surface area (Å²) in [4.78, 5) is 4.46. The summed E-state index contributed by atoms with van der Waals surface area (Å²) in [6.07, 6.45) is 2.72. The molecule has 106 valence electrons. The van der Waals surface area contributed by atoms with Crippen molar-refractivity contribution in [3.8, 4) is 0 Å². The zero-order valence-corrected chi connectivity index (χ0v) is 13.8. The van der Waals surface area contributed by atoms with Crippen molar-refractivity contribution in [1.29, 1.82) is 0 Å². The van der Waals surface area contributed by atoms with Gasteiger partial charge in [0, 0.05) is 33.8 Å². The number of hydrogen-bond donors (Lipinski definition) is 1. The topological polar surface area (TPSA) is 24.9 Å². The number of halogens is 2. The van der Waals surface area contributed by atoms with E-state index < -0.39 is 0 Å². The summed E-state index contributed by atoms with van der Waals surface area (Å²) in [5.74, 6) is 0.331. The second-order valence-electron chi connectivity index (χ2n) is 4.70. The van der Waals surface area contributed by atoms with Gasteiger partial charge in [0.25, 0.3) is 0 Å². The van der Waals surface area contributed by atoms with Crippen molar-refractivity contribution in [2.45, 2.75) is 19.3 Å². The maximum absolute atomic E-state index is 6.33. The minimum Gasteiger partial charge on any atom is -0.316 e. The number of benzene rings is 1. The summed E-state index contributed by atoms with van der Waals surface area (Å²) in [5, 5.41) is 4.24. The Labute approximate surface area is 133 Å². The van der Waals surface area contributed by atoms with Crippen LogP contribution in [0.5, 0.6) is 0 Å². The molecule has 0 bridgehead atoms. The average molecular weight is 354 g/mol. The van der Waals surface area contributed by atoms with Gasteiger partial charge in [0.05, 0.1) is 0 Å². The second-order valence-corrected chi connectivity index (χ2v) is 6.02. The molecule has 1 heterocycles. The van der Waals surface area contributed by atoms with Crippen LogP contribution in [0.15, 0.2) is 47.1 Å². The zero-order valence-electron chi connectivity index (χ0n) is 11.4. The van der Waals surface area contributed by atoms with E-state index in [9.17, 15) is 0 Å². The fraction of sp³-hybridized carbons (Fsp3) is 0.312. The highest BCUT2D eigenvalue weighted by molar-refractivity contribution is 9.10. The summed E-state index contributed by atoms with van der Waals surface area (Å²) in [5.41, 5.74) is 2.26. The van der Waals surface area contributed by atoms with Crippen molar-refractivity contribution < 1.29 is 0 Å². The molecule has 0 saturated carbocycles. The van der Waals surface area contributed by atoms with Gasteiger partial charge in [-0.25, -0.2) is 0 Å². The van der Waals surface area contributed by atoms with Gasteiger partial charge in [0.2, 0.25) is 0 Å². The molecule has 1 aromatic carbocycles. The first kappa shape index (κ1) is 15.5. The quantitative estimate of drug-likeness (QED) is 0.831. The summed E-state index contributed by atoms with van der Waals surface area (Å²) < 4.78 is 1.00. The highest BCUT2D eigenvalue weighted by atomic mass is 79.9. The number of nitrogens with one attached hydrogen (secondary N) is 1. The lowest BCUT2D eigenvalue weighted by Crippen LogP contribution is -2.23. The number of hydrogen-bond acceptors (Lipinski definition) is 2. The fourth-order valence-corrected chi connectivity index (χ4v) is 2.72. The fourth-order valence-electron chi connectivity index (χ4n) is 2.20. The molecule has 1 atom stereocenters. The van der Waals surface area contributed by atoms with Gasteiger partial charge in [0.15, 0.2) is 0 Å². The molecule has 2 aromatic rings. The molecule has 0 radical (unpaired) electrons. The van der Waals surface area contributed by atoms with Gasteiger partial charge in [-0.3, -0.25) is 4.98 Å². The van der Waals surface area contributed by atoms with Gasteiger partial charge in [-0.05, 0) is 52.7 Å². The third-order valence-electron chi connectivity index (χ3n) is 3.23. The van der Waals surface area contributed by atoms with Crippen LogP contribution in [-0.2, 0) is 6.42 Å². The van der Waals surface area contributed by atoms with Crippen LogP contribution in [-0.4, -0.2) is 18.1 Å². The van der Waals surface area contributed by atoms with Crippen molar-refractivity contribution in [1.82, 2.24) is 10.3 Å². The predicted molar refractivity (Wildman–Crippen MR) is 88.4 cm³/mol. The van der Waals surface area contributed by atoms with Crippen LogP contribution < -0.4 is 5.32 Å². The van der Waals surface area contributed by atoms with Crippen LogP contribution in [0.3, 0.4) is 0 Å². The van der Waals surface area contributed by atoms with Gasteiger partial charge < -0.3 is 5.32 Å². The Bertz CT molecular complexity index is 542. The van der Waals surface area contributed by atoms with Crippen LogP contribution in [0, 0.1) is 0 Å². The van der Waals surface area contributed by atoms with Crippen LogP contribution in [0.1, 0.15) is 24.1 Å². The summed E-state index contributed by atoms with van der Waals surface area (Å²) in [6, 6.07) is 12.1. The third kappa shape index (κ3) is 4.30. The summed E-state index contributed by atoms with van der Waals surface area (Å²) >= 11 is 9.75. The molecule has 4 heteroatoms. The Kier molecular flexibility index (Phi) is 6.02. The molecule has 1 N–H and O–H groups in total. The van der Waals surface area contributed by atoms with Crippen molar-refractivity contribution in [2.24, 2.45) is 0 Å². The van der Waals surface area contributed by atoms with E-state index in [0.29, 0.717) is 5.92 Å². The van der Waals surface area contributed by atoms with Gasteiger partial charge in [0.1, 0.15) is 0 Å². The smallest absolute Gasteiger partial charge is 0.0441 e. The standard InChI is InChI=1S/C16H18BrClN2/c1-2-19-10-12(15-5-3-4-6-16(15)18)9-14-8-7-13(17)11-20-14/h3-8,11-12,19H,2,9-10H2,1H3. The molecule has 0 aliphatic carbocycles. The highest BCUT2D eigenvalue weighted by Gasteiger charge is 2.15. The Morgan fingerprint density at radius 1 is 1.25 bits per heavy atom. The molecule has 2 nitrogen and oxygen atoms in total. The Morgan fingerprint density at radius 3 is 2.70 bits per heavy atom. The predicted octanol–water partition coefficient (Wildman–Crippen LogP) is 4.43. The number of nitrogens with zero attached hydrogens (tertiary/aromatic N) is 1. The molecule has 1 unspecified atom stereocenters. The Balaban J connectivity index is 2.19. The number of rotatable bonds is 6. The van der Waals surface area contributed by atoms with E-state index in [-0.39, 0.29) is 0 Å². The van der Waals surface area contributed by atoms with Gasteiger partial charge >= 0.3 is 0 Å². The van der Waals surface area contributed by atoms with Crippen molar-refractivity contribution in [3.63, 3.8) is 0 Å². The molecular formula is C16H18BrClN2. The Hall–Kier alpha value is -0.900. The van der Waals surface area contributed by atoms with Crippen molar-refractivity contribution in [3.05, 3.63) is 63.3 Å². The van der Waals surface area contributed by atoms with Gasteiger partial charge in [-0.15, -0.1) is 0 Å². The first-order valence-electron chi connectivity index (χ1n) is 6.76. The number of likely N-dealkylation sites (N-methyl/N-ethyl adjacent to an activating group) is 1. The minimum absolute atomic E-state index is 0.331. The Morgan fingerprint density at radius 2 is 2.05 bits per heavy atom. The first-order valence-corrected chi connectivity index (χ1v) is 7.93. The monoisotopic (exact) mass is 352 g/mol. The van der Waals surface area contributed by atoms with E-state index in [2.05, 4.69) is 45.3 Å². The molecule has 0 aliphatic heterocycles. The van der Waals surface area contributed by atoms with Gasteiger partial charge in [-0.1, -0.05) is 36.7 Å². The van der Waals surface area contributed by atoms with Crippen molar-refractivity contribution >= 4 is 27.5 Å². The third-order valence-corrected chi connectivity index (χ3v) is 4.04. The molecular weight excluding hydrogens is 336 g/mol.